The first-order valence-corrected chi connectivity index (χ1v) is 15.6. The van der Waals surface area contributed by atoms with Crippen molar-refractivity contribution in [3.63, 3.8) is 0 Å². The maximum Gasteiger partial charge on any atom is 0.408 e. The van der Waals surface area contributed by atoms with Gasteiger partial charge in [0.05, 0.1) is 6.26 Å². The molecule has 12 heteroatoms. The Morgan fingerprint density at radius 1 is 1.20 bits per heavy atom. The minimum Gasteiger partial charge on any atom is -0.465 e. The van der Waals surface area contributed by atoms with Gasteiger partial charge in [-0.1, -0.05) is 58.0 Å². The lowest BCUT2D eigenvalue weighted by molar-refractivity contribution is 0.0927. The molecule has 0 aliphatic heterocycles. The number of carbonyl (C=O) groups is 1. The van der Waals surface area contributed by atoms with Crippen molar-refractivity contribution in [1.29, 1.82) is 0 Å². The number of carboxylic acid groups (broad SMARTS) is 1. The molecule has 4 rings (SSSR count). The Bertz CT molecular complexity index is 1470. The number of aromatic nitrogens is 3. The summed E-state index contributed by atoms with van der Waals surface area (Å²) in [5.41, 5.74) is 1.08. The van der Waals surface area contributed by atoms with Crippen molar-refractivity contribution < 1.29 is 22.7 Å². The summed E-state index contributed by atoms with van der Waals surface area (Å²) in [4.78, 5) is 18.3. The lowest BCUT2D eigenvalue weighted by Crippen LogP contribution is -2.40. The van der Waals surface area contributed by atoms with Crippen LogP contribution in [0.3, 0.4) is 0 Å². The summed E-state index contributed by atoms with van der Waals surface area (Å²) in [6, 6.07) is 12.3. The first-order chi connectivity index (χ1) is 19.1. The topological polar surface area (TPSA) is 142 Å². The van der Waals surface area contributed by atoms with E-state index in [4.69, 9.17) is 4.42 Å². The van der Waals surface area contributed by atoms with Crippen LogP contribution in [0.25, 0.3) is 11.5 Å². The van der Waals surface area contributed by atoms with Crippen molar-refractivity contribution in [3.05, 3.63) is 53.9 Å². The van der Waals surface area contributed by atoms with Crippen LogP contribution in [0.4, 0.5) is 16.4 Å². The number of nitrogens with one attached hydrogen (secondary N) is 1. The molecule has 1 aliphatic carbocycles. The molecule has 222 valence electrons. The molecule has 1 unspecified atom stereocenters. The van der Waals surface area contributed by atoms with Crippen LogP contribution in [0.5, 0.6) is 0 Å². The molecular formula is C29H40N6O5S. The Morgan fingerprint density at radius 3 is 2.41 bits per heavy atom. The average Bonchev–Trinajstić information content (AvgIpc) is 3.42. The van der Waals surface area contributed by atoms with E-state index in [2.05, 4.69) is 34.3 Å². The van der Waals surface area contributed by atoms with Gasteiger partial charge in [0.1, 0.15) is 17.7 Å². The highest BCUT2D eigenvalue weighted by Crippen LogP contribution is 2.41. The van der Waals surface area contributed by atoms with Crippen molar-refractivity contribution in [1.82, 2.24) is 20.1 Å². The smallest absolute Gasteiger partial charge is 0.408 e. The fourth-order valence-corrected chi connectivity index (χ4v) is 5.34. The quantitative estimate of drug-likeness (QED) is 0.307. The third-order valence-electron chi connectivity index (χ3n) is 7.33. The SMILES string of the molecule is C[C@H](Nc1cc(-c2nnc(C(Cc3ccccc3)N(CC(C)(C)C)C(=O)O)o2)cc(N(C)S(C)(=O)=O)n1)[C@H]1C[C@@H]1C. The Labute approximate surface area is 242 Å². The monoisotopic (exact) mass is 584 g/mol. The molecule has 3 aromatic rings. The normalized spacial score (nSPS) is 18.4. The molecule has 2 N–H and O–H groups in total. The molecular weight excluding hydrogens is 544 g/mol. The van der Waals surface area contributed by atoms with E-state index in [1.54, 1.807) is 12.1 Å². The lowest BCUT2D eigenvalue weighted by atomic mass is 9.94. The van der Waals surface area contributed by atoms with Crippen LogP contribution in [0, 0.1) is 17.3 Å². The van der Waals surface area contributed by atoms with E-state index in [1.807, 2.05) is 51.1 Å². The second-order valence-electron chi connectivity index (χ2n) is 12.3. The zero-order chi connectivity index (χ0) is 30.1. The summed E-state index contributed by atoms with van der Waals surface area (Å²) in [5, 5.41) is 22.2. The second kappa shape index (κ2) is 11.7. The molecule has 0 radical (unpaired) electrons. The van der Waals surface area contributed by atoms with Crippen LogP contribution in [0.1, 0.15) is 58.5 Å². The van der Waals surface area contributed by atoms with Gasteiger partial charge in [0.2, 0.25) is 21.8 Å². The van der Waals surface area contributed by atoms with Gasteiger partial charge >= 0.3 is 6.09 Å². The molecule has 2 aromatic heterocycles. The highest BCUT2D eigenvalue weighted by Gasteiger charge is 2.37. The van der Waals surface area contributed by atoms with E-state index in [0.717, 1.165) is 22.5 Å². The van der Waals surface area contributed by atoms with Gasteiger partial charge < -0.3 is 14.8 Å². The molecule has 0 spiro atoms. The van der Waals surface area contributed by atoms with Gasteiger partial charge in [0, 0.05) is 31.6 Å². The molecule has 1 saturated carbocycles. The van der Waals surface area contributed by atoms with Crippen LogP contribution in [0.15, 0.2) is 46.9 Å². The molecule has 1 fully saturated rings. The lowest BCUT2D eigenvalue weighted by Gasteiger charge is -2.32. The molecule has 41 heavy (non-hydrogen) atoms. The Hall–Kier alpha value is -3.67. The summed E-state index contributed by atoms with van der Waals surface area (Å²) in [7, 11) is -2.15. The Balaban J connectivity index is 1.74. The van der Waals surface area contributed by atoms with Crippen LogP contribution in [0.2, 0.25) is 0 Å². The van der Waals surface area contributed by atoms with Gasteiger partial charge in [-0.25, -0.2) is 18.2 Å². The van der Waals surface area contributed by atoms with E-state index in [1.165, 1.54) is 11.9 Å². The van der Waals surface area contributed by atoms with Gasteiger partial charge in [-0.2, -0.15) is 0 Å². The predicted octanol–water partition coefficient (Wildman–Crippen LogP) is 5.29. The number of amides is 1. The first-order valence-electron chi connectivity index (χ1n) is 13.7. The largest absolute Gasteiger partial charge is 0.465 e. The zero-order valence-corrected chi connectivity index (χ0v) is 25.5. The summed E-state index contributed by atoms with van der Waals surface area (Å²) >= 11 is 0. The minimum atomic E-state index is -3.59. The fraction of sp³-hybridized carbons (Fsp3) is 0.517. The molecule has 1 amide bonds. The van der Waals surface area contributed by atoms with E-state index < -0.39 is 22.2 Å². The summed E-state index contributed by atoms with van der Waals surface area (Å²) in [6.07, 6.45) is 1.48. The summed E-state index contributed by atoms with van der Waals surface area (Å²) in [5.74, 6) is 2.10. The average molecular weight is 585 g/mol. The second-order valence-corrected chi connectivity index (χ2v) is 14.3. The standard InChI is InChI=1S/C29H40N6O5S/c1-18-13-22(18)19(2)30-24-15-21(16-25(31-24)34(6)41(7,38)39)26-32-33-27(40-26)23(14-20-11-9-8-10-12-20)35(28(36)37)17-29(3,4)5/h8-12,15-16,18-19,22-23H,13-14,17H2,1-7H3,(H,30,31)(H,36,37)/t18-,19-,22-,23?/m0/s1. The van der Waals surface area contributed by atoms with Crippen molar-refractivity contribution in [2.75, 3.05) is 29.5 Å². The van der Waals surface area contributed by atoms with E-state index in [9.17, 15) is 18.3 Å². The number of benzene rings is 1. The number of sulfonamides is 1. The Morgan fingerprint density at radius 2 is 1.85 bits per heavy atom. The maximum absolute atomic E-state index is 12.5. The molecule has 1 aromatic carbocycles. The summed E-state index contributed by atoms with van der Waals surface area (Å²) in [6.45, 7) is 10.4. The molecule has 0 bridgehead atoms. The third-order valence-corrected chi connectivity index (χ3v) is 8.51. The van der Waals surface area contributed by atoms with Crippen LogP contribution in [-0.4, -0.2) is 65.6 Å². The fourth-order valence-electron chi connectivity index (χ4n) is 4.91. The van der Waals surface area contributed by atoms with Crippen LogP contribution < -0.4 is 9.62 Å². The molecule has 1 aliphatic rings. The number of anilines is 2. The van der Waals surface area contributed by atoms with Crippen molar-refractivity contribution in [2.24, 2.45) is 17.3 Å². The van der Waals surface area contributed by atoms with Gasteiger partial charge in [-0.05, 0) is 48.3 Å². The molecule has 2 heterocycles. The van der Waals surface area contributed by atoms with E-state index in [-0.39, 0.29) is 35.6 Å². The number of nitrogens with zero attached hydrogens (tertiary/aromatic N) is 5. The molecule has 11 nitrogen and oxygen atoms in total. The predicted molar refractivity (Wildman–Crippen MR) is 158 cm³/mol. The van der Waals surface area contributed by atoms with Crippen LogP contribution in [-0.2, 0) is 16.4 Å². The van der Waals surface area contributed by atoms with Crippen molar-refractivity contribution in [2.45, 2.75) is 59.5 Å². The molecule has 0 saturated heterocycles. The van der Waals surface area contributed by atoms with Gasteiger partial charge in [0.25, 0.3) is 0 Å². The maximum atomic E-state index is 12.5. The van der Waals surface area contributed by atoms with Crippen LogP contribution >= 0.6 is 0 Å². The number of pyridine rings is 1. The van der Waals surface area contributed by atoms with E-state index in [0.29, 0.717) is 29.6 Å². The van der Waals surface area contributed by atoms with E-state index >= 15 is 0 Å². The number of hydrogen-bond acceptors (Lipinski definition) is 8. The third kappa shape index (κ3) is 7.75. The minimum absolute atomic E-state index is 0.138. The number of rotatable bonds is 11. The first kappa shape index (κ1) is 30.3. The molecule has 4 atom stereocenters. The van der Waals surface area contributed by atoms with Crippen molar-refractivity contribution in [3.8, 4) is 11.5 Å². The highest BCUT2D eigenvalue weighted by molar-refractivity contribution is 7.92. The van der Waals surface area contributed by atoms with Gasteiger partial charge in [0.15, 0.2) is 0 Å². The van der Waals surface area contributed by atoms with Gasteiger partial charge in [-0.3, -0.25) is 9.21 Å². The number of hydrogen-bond donors (Lipinski definition) is 2. The zero-order valence-electron chi connectivity index (χ0n) is 24.7. The summed E-state index contributed by atoms with van der Waals surface area (Å²) < 4.78 is 31.9. The van der Waals surface area contributed by atoms with Gasteiger partial charge in [-0.15, -0.1) is 10.2 Å². The highest BCUT2D eigenvalue weighted by atomic mass is 32.2. The van der Waals surface area contributed by atoms with Crippen molar-refractivity contribution >= 4 is 27.8 Å². The Kier molecular flexibility index (Phi) is 8.62.